The van der Waals surface area contributed by atoms with Gasteiger partial charge in [-0.25, -0.2) is 0 Å². The van der Waals surface area contributed by atoms with Crippen LogP contribution < -0.4 is 0 Å². The van der Waals surface area contributed by atoms with Gasteiger partial charge < -0.3 is 14.6 Å². The summed E-state index contributed by atoms with van der Waals surface area (Å²) in [6.45, 7) is 3.13. The first kappa shape index (κ1) is 17.8. The van der Waals surface area contributed by atoms with Gasteiger partial charge in [0.2, 0.25) is 5.91 Å². The number of hydrogen-bond donors (Lipinski definition) is 1. The molecule has 7 nitrogen and oxygen atoms in total. The van der Waals surface area contributed by atoms with Crippen LogP contribution in [0.15, 0.2) is 42.7 Å². The van der Waals surface area contributed by atoms with Crippen LogP contribution in [-0.4, -0.2) is 64.3 Å². The third-order valence-corrected chi connectivity index (χ3v) is 5.07. The molecule has 7 heteroatoms. The van der Waals surface area contributed by atoms with E-state index in [4.69, 9.17) is 4.74 Å². The van der Waals surface area contributed by atoms with Gasteiger partial charge in [-0.2, -0.15) is 5.10 Å². The molecule has 1 unspecified atom stereocenters. The zero-order valence-electron chi connectivity index (χ0n) is 15.8. The van der Waals surface area contributed by atoms with Crippen LogP contribution in [0.1, 0.15) is 17.3 Å². The number of fused-ring (bicyclic) bond motifs is 2. The van der Waals surface area contributed by atoms with Crippen molar-refractivity contribution < 1.29 is 9.53 Å². The summed E-state index contributed by atoms with van der Waals surface area (Å²) in [5, 5.41) is 5.73. The van der Waals surface area contributed by atoms with Gasteiger partial charge in [-0.3, -0.25) is 14.4 Å². The monoisotopic (exact) mass is 367 g/mol. The molecule has 1 amide bonds. The smallest absolute Gasteiger partial charge is 0.248 e. The van der Waals surface area contributed by atoms with E-state index in [-0.39, 0.29) is 18.6 Å². The Morgan fingerprint density at radius 2 is 2.22 bits per heavy atom. The number of nitrogens with one attached hydrogen (secondary N) is 1. The first-order valence-corrected chi connectivity index (χ1v) is 9.19. The van der Waals surface area contributed by atoms with E-state index in [1.807, 2.05) is 17.1 Å². The van der Waals surface area contributed by atoms with Crippen molar-refractivity contribution in [2.45, 2.75) is 19.1 Å². The lowest BCUT2D eigenvalue weighted by Gasteiger charge is -2.34. The van der Waals surface area contributed by atoms with Crippen LogP contribution in [0, 0.1) is 0 Å². The molecule has 0 radical (unpaired) electrons. The summed E-state index contributed by atoms with van der Waals surface area (Å²) in [6, 6.07) is 10.7. The zero-order valence-corrected chi connectivity index (χ0v) is 15.8. The summed E-state index contributed by atoms with van der Waals surface area (Å²) in [6.07, 6.45) is 3.82. The highest BCUT2D eigenvalue weighted by atomic mass is 16.5. The van der Waals surface area contributed by atoms with Gasteiger partial charge in [0.1, 0.15) is 6.61 Å². The van der Waals surface area contributed by atoms with E-state index in [0.717, 1.165) is 25.2 Å². The standard InChI is InChI=1S/C20H25N5O2/c1-23(2)20(26)14-27-13-17-12-24(11-16-6-9-22-25(16)17)10-15-4-3-5-19-18(15)7-8-21-19/h3-9,17,21H,10-14H2,1-2H3. The number of H-pyrrole nitrogens is 1. The van der Waals surface area contributed by atoms with E-state index in [2.05, 4.69) is 45.3 Å². The average molecular weight is 367 g/mol. The van der Waals surface area contributed by atoms with Gasteiger partial charge in [-0.05, 0) is 23.8 Å². The Hall–Kier alpha value is -2.64. The molecule has 1 atom stereocenters. The summed E-state index contributed by atoms with van der Waals surface area (Å²) in [5.74, 6) is -0.0255. The number of aromatic amines is 1. The normalized spacial score (nSPS) is 17.2. The van der Waals surface area contributed by atoms with Crippen molar-refractivity contribution in [3.05, 3.63) is 54.0 Å². The van der Waals surface area contributed by atoms with Crippen LogP contribution in [0.5, 0.6) is 0 Å². The Kier molecular flexibility index (Phi) is 4.96. The molecule has 0 aliphatic carbocycles. The molecule has 142 valence electrons. The second-order valence-corrected chi connectivity index (χ2v) is 7.25. The summed E-state index contributed by atoms with van der Waals surface area (Å²) in [7, 11) is 3.47. The van der Waals surface area contributed by atoms with Gasteiger partial charge in [-0.1, -0.05) is 12.1 Å². The first-order valence-electron chi connectivity index (χ1n) is 9.19. The SMILES string of the molecule is CN(C)C(=O)COCC1CN(Cc2cccc3[nH]ccc23)Cc2ccnn21. The zero-order chi connectivity index (χ0) is 18.8. The van der Waals surface area contributed by atoms with Crippen LogP contribution in [0.2, 0.25) is 0 Å². The quantitative estimate of drug-likeness (QED) is 0.724. The largest absolute Gasteiger partial charge is 0.369 e. The first-order chi connectivity index (χ1) is 13.1. The van der Waals surface area contributed by atoms with E-state index in [0.29, 0.717) is 6.61 Å². The van der Waals surface area contributed by atoms with Crippen LogP contribution in [0.4, 0.5) is 0 Å². The van der Waals surface area contributed by atoms with Gasteiger partial charge in [0.05, 0.1) is 18.3 Å². The number of rotatable bonds is 6. The number of amides is 1. The molecule has 3 heterocycles. The highest BCUT2D eigenvalue weighted by Gasteiger charge is 2.26. The minimum Gasteiger partial charge on any atom is -0.369 e. The topological polar surface area (TPSA) is 66.4 Å². The molecule has 27 heavy (non-hydrogen) atoms. The van der Waals surface area contributed by atoms with Crippen molar-refractivity contribution in [1.82, 2.24) is 24.6 Å². The van der Waals surface area contributed by atoms with Crippen LogP contribution in [0.3, 0.4) is 0 Å². The molecule has 3 aromatic rings. The molecule has 0 spiro atoms. The van der Waals surface area contributed by atoms with Crippen molar-refractivity contribution >= 4 is 16.8 Å². The number of benzene rings is 1. The Balaban J connectivity index is 1.46. The van der Waals surface area contributed by atoms with Crippen molar-refractivity contribution in [3.8, 4) is 0 Å². The molecule has 0 saturated heterocycles. The summed E-state index contributed by atoms with van der Waals surface area (Å²) in [4.78, 5) is 19.0. The average Bonchev–Trinajstić information content (AvgIpc) is 3.30. The van der Waals surface area contributed by atoms with Gasteiger partial charge in [0.15, 0.2) is 0 Å². The van der Waals surface area contributed by atoms with Gasteiger partial charge in [0.25, 0.3) is 0 Å². The van der Waals surface area contributed by atoms with Crippen LogP contribution in [-0.2, 0) is 22.6 Å². The molecule has 2 aromatic heterocycles. The predicted octanol–water partition coefficient (Wildman–Crippen LogP) is 2.03. The Bertz CT molecular complexity index is 929. The number of aromatic nitrogens is 3. The maximum Gasteiger partial charge on any atom is 0.248 e. The molecule has 4 rings (SSSR count). The van der Waals surface area contributed by atoms with Crippen molar-refractivity contribution in [2.24, 2.45) is 0 Å². The van der Waals surface area contributed by atoms with Crippen molar-refractivity contribution in [1.29, 1.82) is 0 Å². The van der Waals surface area contributed by atoms with Gasteiger partial charge >= 0.3 is 0 Å². The Morgan fingerprint density at radius 1 is 1.33 bits per heavy atom. The Labute approximate surface area is 158 Å². The molecule has 1 N–H and O–H groups in total. The lowest BCUT2D eigenvalue weighted by atomic mass is 10.1. The van der Waals surface area contributed by atoms with Crippen molar-refractivity contribution in [3.63, 3.8) is 0 Å². The third-order valence-electron chi connectivity index (χ3n) is 5.07. The highest BCUT2D eigenvalue weighted by molar-refractivity contribution is 5.82. The molecule has 0 fully saturated rings. The highest BCUT2D eigenvalue weighted by Crippen LogP contribution is 2.25. The maximum absolute atomic E-state index is 11.7. The number of ether oxygens (including phenoxy) is 1. The summed E-state index contributed by atoms with van der Waals surface area (Å²) >= 11 is 0. The predicted molar refractivity (Wildman–Crippen MR) is 103 cm³/mol. The van der Waals surface area contributed by atoms with E-state index in [1.165, 1.54) is 16.6 Å². The molecule has 0 bridgehead atoms. The van der Waals surface area contributed by atoms with Gasteiger partial charge in [0, 0.05) is 57.0 Å². The maximum atomic E-state index is 11.7. The second-order valence-electron chi connectivity index (χ2n) is 7.25. The fourth-order valence-electron chi connectivity index (χ4n) is 3.65. The van der Waals surface area contributed by atoms with E-state index in [1.54, 1.807) is 19.0 Å². The minimum atomic E-state index is -0.0255. The van der Waals surface area contributed by atoms with Crippen molar-refractivity contribution in [2.75, 3.05) is 33.9 Å². The number of carbonyl (C=O) groups excluding carboxylic acids is 1. The number of carbonyl (C=O) groups is 1. The second kappa shape index (κ2) is 7.54. The third kappa shape index (κ3) is 3.74. The molecular formula is C20H25N5O2. The summed E-state index contributed by atoms with van der Waals surface area (Å²) in [5.41, 5.74) is 3.65. The number of likely N-dealkylation sites (N-methyl/N-ethyl adjacent to an activating group) is 1. The molecule has 1 aliphatic heterocycles. The van der Waals surface area contributed by atoms with E-state index in [9.17, 15) is 4.79 Å². The number of hydrogen-bond acceptors (Lipinski definition) is 4. The van der Waals surface area contributed by atoms with E-state index >= 15 is 0 Å². The fraction of sp³-hybridized carbons (Fsp3) is 0.400. The summed E-state index contributed by atoms with van der Waals surface area (Å²) < 4.78 is 7.73. The minimum absolute atomic E-state index is 0.0255. The van der Waals surface area contributed by atoms with E-state index < -0.39 is 0 Å². The lowest BCUT2D eigenvalue weighted by Crippen LogP contribution is -2.39. The van der Waals surface area contributed by atoms with Gasteiger partial charge in [-0.15, -0.1) is 0 Å². The Morgan fingerprint density at radius 3 is 3.07 bits per heavy atom. The fourth-order valence-corrected chi connectivity index (χ4v) is 3.65. The van der Waals surface area contributed by atoms with Crippen LogP contribution in [0.25, 0.3) is 10.9 Å². The number of nitrogens with zero attached hydrogens (tertiary/aromatic N) is 4. The lowest BCUT2D eigenvalue weighted by molar-refractivity contribution is -0.134. The van der Waals surface area contributed by atoms with Crippen LogP contribution >= 0.6 is 0 Å². The molecule has 0 saturated carbocycles. The molecule has 1 aliphatic rings. The molecule has 1 aromatic carbocycles. The molecular weight excluding hydrogens is 342 g/mol.